The molecular weight excluding hydrogens is 130 g/mol. The number of nitrogens with one attached hydrogen (secondary N) is 1. The summed E-state index contributed by atoms with van der Waals surface area (Å²) in [6.07, 6.45) is 1.84. The van der Waals surface area contributed by atoms with E-state index in [2.05, 4.69) is 4.98 Å². The summed E-state index contributed by atoms with van der Waals surface area (Å²) in [6.45, 7) is 1.83. The van der Waals surface area contributed by atoms with Crippen LogP contribution in [0.2, 0.25) is 0 Å². The van der Waals surface area contributed by atoms with Crippen LogP contribution in [0.15, 0.2) is 10.7 Å². The summed E-state index contributed by atoms with van der Waals surface area (Å²) in [7, 11) is 0. The third-order valence-electron chi connectivity index (χ3n) is 1.01. The molecule has 1 rings (SSSR count). The van der Waals surface area contributed by atoms with Crippen LogP contribution in [-0.4, -0.2) is 10.8 Å². The van der Waals surface area contributed by atoms with Gasteiger partial charge in [-0.3, -0.25) is 5.41 Å². The second kappa shape index (κ2) is 2.51. The summed E-state index contributed by atoms with van der Waals surface area (Å²) < 4.78 is 4.94. The number of hydrogen-bond acceptors (Lipinski definition) is 3. The molecule has 0 atom stereocenters. The molecule has 0 saturated carbocycles. The number of nitrogens with two attached hydrogens (primary N) is 1. The van der Waals surface area contributed by atoms with Crippen LogP contribution in [0, 0.1) is 12.3 Å². The summed E-state index contributed by atoms with van der Waals surface area (Å²) in [5.74, 6) is 0.576. The van der Waals surface area contributed by atoms with Crippen molar-refractivity contribution >= 4 is 5.84 Å². The molecule has 1 heterocycles. The number of aryl methyl sites for hydroxylation is 1. The summed E-state index contributed by atoms with van der Waals surface area (Å²) in [6, 6.07) is 0. The zero-order chi connectivity index (χ0) is 7.56. The Morgan fingerprint density at radius 1 is 1.90 bits per heavy atom. The summed E-state index contributed by atoms with van der Waals surface area (Å²) >= 11 is 0. The van der Waals surface area contributed by atoms with Gasteiger partial charge in [-0.2, -0.15) is 0 Å². The Hall–Kier alpha value is -1.32. The molecule has 0 aliphatic carbocycles. The van der Waals surface area contributed by atoms with E-state index in [1.807, 2.05) is 6.92 Å². The molecule has 4 heteroatoms. The average molecular weight is 139 g/mol. The van der Waals surface area contributed by atoms with Crippen molar-refractivity contribution in [1.29, 1.82) is 5.41 Å². The first-order valence-electron chi connectivity index (χ1n) is 2.92. The highest BCUT2D eigenvalue weighted by molar-refractivity contribution is 5.78. The first-order valence-corrected chi connectivity index (χ1v) is 2.92. The topological polar surface area (TPSA) is 75.9 Å². The van der Waals surface area contributed by atoms with E-state index >= 15 is 0 Å². The van der Waals surface area contributed by atoms with Crippen molar-refractivity contribution in [2.45, 2.75) is 13.3 Å². The first-order chi connectivity index (χ1) is 4.68. The van der Waals surface area contributed by atoms with Crippen LogP contribution in [0.1, 0.15) is 11.6 Å². The summed E-state index contributed by atoms with van der Waals surface area (Å²) in [5, 5.41) is 6.92. The fourth-order valence-electron chi connectivity index (χ4n) is 0.647. The third-order valence-corrected chi connectivity index (χ3v) is 1.01. The predicted molar refractivity (Wildman–Crippen MR) is 36.9 cm³/mol. The Labute approximate surface area is 58.6 Å². The molecule has 3 N–H and O–H groups in total. The highest BCUT2D eigenvalue weighted by Gasteiger charge is 2.00. The van der Waals surface area contributed by atoms with Gasteiger partial charge in [-0.05, 0) is 6.92 Å². The Morgan fingerprint density at radius 3 is 3.00 bits per heavy atom. The SMILES string of the molecule is Cc1coc(CC(=N)N)n1. The van der Waals surface area contributed by atoms with Crippen molar-refractivity contribution in [1.82, 2.24) is 4.98 Å². The van der Waals surface area contributed by atoms with Crippen LogP contribution in [-0.2, 0) is 6.42 Å². The molecule has 4 nitrogen and oxygen atoms in total. The van der Waals surface area contributed by atoms with Crippen molar-refractivity contribution < 1.29 is 4.42 Å². The second-order valence-corrected chi connectivity index (χ2v) is 2.08. The molecule has 0 fully saturated rings. The van der Waals surface area contributed by atoms with E-state index in [1.54, 1.807) is 0 Å². The van der Waals surface area contributed by atoms with Gasteiger partial charge < -0.3 is 10.2 Å². The lowest BCUT2D eigenvalue weighted by Gasteiger charge is -1.88. The number of amidine groups is 1. The fourth-order valence-corrected chi connectivity index (χ4v) is 0.647. The zero-order valence-electron chi connectivity index (χ0n) is 5.72. The maximum atomic E-state index is 6.92. The van der Waals surface area contributed by atoms with Gasteiger partial charge >= 0.3 is 0 Å². The number of hydrogen-bond donors (Lipinski definition) is 2. The molecule has 0 amide bonds. The quantitative estimate of drug-likeness (QED) is 0.461. The van der Waals surface area contributed by atoms with Gasteiger partial charge in [0.2, 0.25) is 5.89 Å². The van der Waals surface area contributed by atoms with Crippen LogP contribution in [0.3, 0.4) is 0 Å². The van der Waals surface area contributed by atoms with E-state index in [0.717, 1.165) is 5.69 Å². The van der Waals surface area contributed by atoms with E-state index in [-0.39, 0.29) is 5.84 Å². The third kappa shape index (κ3) is 1.58. The van der Waals surface area contributed by atoms with Gasteiger partial charge in [0.25, 0.3) is 0 Å². The smallest absolute Gasteiger partial charge is 0.201 e. The molecule has 0 aromatic carbocycles. The maximum absolute atomic E-state index is 6.92. The highest BCUT2D eigenvalue weighted by atomic mass is 16.3. The number of nitrogens with zero attached hydrogens (tertiary/aromatic N) is 1. The van der Waals surface area contributed by atoms with E-state index in [1.165, 1.54) is 6.26 Å². The van der Waals surface area contributed by atoms with Crippen LogP contribution in [0.5, 0.6) is 0 Å². The number of aromatic nitrogens is 1. The van der Waals surface area contributed by atoms with Crippen molar-refractivity contribution in [3.63, 3.8) is 0 Å². The Balaban J connectivity index is 2.67. The van der Waals surface area contributed by atoms with Crippen molar-refractivity contribution in [2.24, 2.45) is 5.73 Å². The molecule has 0 aliphatic heterocycles. The Kier molecular flexibility index (Phi) is 1.71. The normalized spacial score (nSPS) is 9.70. The molecule has 1 aromatic heterocycles. The Bertz CT molecular complexity index is 241. The van der Waals surface area contributed by atoms with Crippen molar-refractivity contribution in [3.8, 4) is 0 Å². The Morgan fingerprint density at radius 2 is 2.60 bits per heavy atom. The van der Waals surface area contributed by atoms with E-state index in [9.17, 15) is 0 Å². The van der Waals surface area contributed by atoms with E-state index in [0.29, 0.717) is 12.3 Å². The van der Waals surface area contributed by atoms with E-state index < -0.39 is 0 Å². The minimum absolute atomic E-state index is 0.0712. The lowest BCUT2D eigenvalue weighted by molar-refractivity contribution is 0.512. The molecule has 0 aliphatic rings. The lowest BCUT2D eigenvalue weighted by Crippen LogP contribution is -2.12. The largest absolute Gasteiger partial charge is 0.448 e. The minimum atomic E-state index is 0.0712. The van der Waals surface area contributed by atoms with E-state index in [4.69, 9.17) is 15.6 Å². The van der Waals surface area contributed by atoms with Gasteiger partial charge in [0.15, 0.2) is 0 Å². The van der Waals surface area contributed by atoms with Gasteiger partial charge in [-0.25, -0.2) is 4.98 Å². The minimum Gasteiger partial charge on any atom is -0.448 e. The summed E-state index contributed by atoms with van der Waals surface area (Å²) in [5.41, 5.74) is 5.93. The fraction of sp³-hybridized carbons (Fsp3) is 0.333. The molecule has 0 bridgehead atoms. The van der Waals surface area contributed by atoms with Crippen LogP contribution in [0.25, 0.3) is 0 Å². The van der Waals surface area contributed by atoms with Crippen LogP contribution < -0.4 is 5.73 Å². The van der Waals surface area contributed by atoms with Gasteiger partial charge in [-0.1, -0.05) is 0 Å². The van der Waals surface area contributed by atoms with Gasteiger partial charge in [0.05, 0.1) is 18.0 Å². The molecular formula is C6H9N3O. The molecule has 54 valence electrons. The predicted octanol–water partition coefficient (Wildman–Crippen LogP) is 0.461. The molecule has 10 heavy (non-hydrogen) atoms. The first kappa shape index (κ1) is 6.80. The highest BCUT2D eigenvalue weighted by Crippen LogP contribution is 1.99. The summed E-state index contributed by atoms with van der Waals surface area (Å²) in [4.78, 5) is 3.96. The van der Waals surface area contributed by atoms with Crippen LogP contribution in [0.4, 0.5) is 0 Å². The molecule has 0 saturated heterocycles. The molecule has 0 spiro atoms. The number of rotatable bonds is 2. The van der Waals surface area contributed by atoms with Crippen molar-refractivity contribution in [2.75, 3.05) is 0 Å². The maximum Gasteiger partial charge on any atom is 0.201 e. The lowest BCUT2D eigenvalue weighted by atomic mass is 10.4. The van der Waals surface area contributed by atoms with Crippen molar-refractivity contribution in [3.05, 3.63) is 17.8 Å². The van der Waals surface area contributed by atoms with Gasteiger partial charge in [-0.15, -0.1) is 0 Å². The standard InChI is InChI=1S/C6H9N3O/c1-4-3-10-6(9-4)2-5(7)8/h3H,2H2,1H3,(H3,7,8). The second-order valence-electron chi connectivity index (χ2n) is 2.08. The van der Waals surface area contributed by atoms with Crippen LogP contribution >= 0.6 is 0 Å². The number of oxazole rings is 1. The molecule has 0 radical (unpaired) electrons. The zero-order valence-corrected chi connectivity index (χ0v) is 5.72. The molecule has 0 unspecified atom stereocenters. The van der Waals surface area contributed by atoms with Gasteiger partial charge in [0.1, 0.15) is 6.26 Å². The van der Waals surface area contributed by atoms with Gasteiger partial charge in [0, 0.05) is 0 Å². The molecule has 1 aromatic rings. The average Bonchev–Trinajstić information content (AvgIpc) is 2.13. The monoisotopic (exact) mass is 139 g/mol.